The number of nitrogens with zero attached hydrogens (tertiary/aromatic N) is 5. The van der Waals surface area contributed by atoms with Crippen LogP contribution >= 0.6 is 0 Å². The monoisotopic (exact) mass is 888 g/mol. The van der Waals surface area contributed by atoms with Gasteiger partial charge in [0.1, 0.15) is 46.0 Å². The predicted octanol–water partition coefficient (Wildman–Crippen LogP) is 11.2. The molecule has 15 nitrogen and oxygen atoms in total. The lowest BCUT2D eigenvalue weighted by atomic mass is 9.88. The molecule has 1 fully saturated rings. The Balaban J connectivity index is 1.63. The third-order valence-corrected chi connectivity index (χ3v) is 9.87. The van der Waals surface area contributed by atoms with E-state index in [1.165, 1.54) is 5.56 Å². The van der Waals surface area contributed by atoms with Crippen LogP contribution in [0.5, 0.6) is 0 Å². The molecule has 4 aromatic rings. The van der Waals surface area contributed by atoms with E-state index < -0.39 is 46.3 Å². The Hall–Kier alpha value is -5.44. The Kier molecular flexibility index (Phi) is 14.7. The number of piperidine rings is 1. The van der Waals surface area contributed by atoms with E-state index >= 15 is 0 Å². The van der Waals surface area contributed by atoms with Crippen LogP contribution in [0.2, 0.25) is 0 Å². The fraction of sp³-hybridized carbons (Fsp3) is 0.592. The molecule has 64 heavy (non-hydrogen) atoms. The Bertz CT molecular complexity index is 2310. The van der Waals surface area contributed by atoms with Crippen molar-refractivity contribution in [1.29, 1.82) is 0 Å². The number of hydrogen-bond donors (Lipinski definition) is 0. The molecule has 3 amide bonds. The van der Waals surface area contributed by atoms with E-state index in [1.54, 1.807) is 81.1 Å². The number of imide groups is 1. The van der Waals surface area contributed by atoms with E-state index in [0.29, 0.717) is 48.4 Å². The molecule has 1 aliphatic rings. The van der Waals surface area contributed by atoms with Crippen LogP contribution in [0.15, 0.2) is 42.5 Å². The number of likely N-dealkylation sites (tertiary alicyclic amines) is 1. The molecule has 5 rings (SSSR count). The van der Waals surface area contributed by atoms with Gasteiger partial charge in [-0.2, -0.15) is 4.90 Å². The zero-order valence-corrected chi connectivity index (χ0v) is 40.6. The van der Waals surface area contributed by atoms with Gasteiger partial charge in [0.05, 0.1) is 17.6 Å². The smallest absolute Gasteiger partial charge is 0.444 e. The quantitative estimate of drug-likeness (QED) is 0.110. The zero-order chi connectivity index (χ0) is 47.6. The molecule has 0 unspecified atom stereocenters. The van der Waals surface area contributed by atoms with Crippen LogP contribution in [0.3, 0.4) is 0 Å². The normalized spacial score (nSPS) is 14.4. The SMILES string of the molecule is CCOCc1nc2c(N(C(=O)OC(C)(C)C)C(=O)OC(C)(C)C)nc3cc(Cc4cccc(C5CCN(C(=O)OC(C)(C)C)CC5)c4)ccc3c2n1CC(C)(C)OC(=O)OC(C)(C)C. The van der Waals surface area contributed by atoms with Crippen molar-refractivity contribution in [3.63, 3.8) is 0 Å². The Labute approximate surface area is 378 Å². The molecule has 350 valence electrons. The van der Waals surface area contributed by atoms with Crippen LogP contribution in [-0.2, 0) is 48.0 Å². The number of aromatic nitrogens is 3. The van der Waals surface area contributed by atoms with Gasteiger partial charge in [0.25, 0.3) is 0 Å². The van der Waals surface area contributed by atoms with Crippen molar-refractivity contribution >= 4 is 52.2 Å². The minimum atomic E-state index is -1.14. The van der Waals surface area contributed by atoms with Crippen LogP contribution in [-0.4, -0.2) is 91.6 Å². The number of carbonyl (C=O) groups excluding carboxylic acids is 4. The summed E-state index contributed by atoms with van der Waals surface area (Å²) in [5.74, 6) is 0.638. The fourth-order valence-electron chi connectivity index (χ4n) is 7.39. The second kappa shape index (κ2) is 19.0. The average molecular weight is 888 g/mol. The van der Waals surface area contributed by atoms with E-state index in [4.69, 9.17) is 38.4 Å². The third-order valence-electron chi connectivity index (χ3n) is 9.87. The largest absolute Gasteiger partial charge is 0.509 e. The van der Waals surface area contributed by atoms with Crippen molar-refractivity contribution in [1.82, 2.24) is 19.4 Å². The van der Waals surface area contributed by atoms with Gasteiger partial charge in [0, 0.05) is 25.1 Å². The molecule has 2 aromatic heterocycles. The molecule has 1 saturated heterocycles. The van der Waals surface area contributed by atoms with Crippen molar-refractivity contribution in [2.45, 2.75) is 170 Å². The summed E-state index contributed by atoms with van der Waals surface area (Å²) < 4.78 is 36.4. The number of amides is 3. The van der Waals surface area contributed by atoms with Crippen molar-refractivity contribution < 1.29 is 47.6 Å². The highest BCUT2D eigenvalue weighted by atomic mass is 16.7. The number of rotatable bonds is 10. The molecule has 0 atom stereocenters. The topological polar surface area (TPSA) is 161 Å². The van der Waals surface area contributed by atoms with Gasteiger partial charge in [0.2, 0.25) is 0 Å². The lowest BCUT2D eigenvalue weighted by Crippen LogP contribution is -2.44. The number of pyridine rings is 1. The number of anilines is 1. The maximum Gasteiger partial charge on any atom is 0.509 e. The van der Waals surface area contributed by atoms with Crippen molar-refractivity contribution in [3.8, 4) is 0 Å². The molecular weight excluding hydrogens is 819 g/mol. The van der Waals surface area contributed by atoms with Crippen LogP contribution < -0.4 is 4.90 Å². The summed E-state index contributed by atoms with van der Waals surface area (Å²) in [6, 6.07) is 14.4. The molecule has 0 radical (unpaired) electrons. The first-order valence-electron chi connectivity index (χ1n) is 22.2. The number of ether oxygens (including phenoxy) is 6. The predicted molar refractivity (Wildman–Crippen MR) is 246 cm³/mol. The van der Waals surface area contributed by atoms with Crippen LogP contribution in [0.25, 0.3) is 21.9 Å². The van der Waals surface area contributed by atoms with Gasteiger partial charge in [-0.15, -0.1) is 0 Å². The first-order chi connectivity index (χ1) is 29.5. The number of benzene rings is 2. The summed E-state index contributed by atoms with van der Waals surface area (Å²) in [5, 5.41) is 0.671. The lowest BCUT2D eigenvalue weighted by Gasteiger charge is -2.33. The second-order valence-corrected chi connectivity index (χ2v) is 21.0. The molecule has 0 saturated carbocycles. The Morgan fingerprint density at radius 2 is 1.28 bits per heavy atom. The molecule has 0 aliphatic carbocycles. The Morgan fingerprint density at radius 1 is 0.703 bits per heavy atom. The maximum absolute atomic E-state index is 14.2. The summed E-state index contributed by atoms with van der Waals surface area (Å²) in [7, 11) is 0. The summed E-state index contributed by atoms with van der Waals surface area (Å²) in [4.78, 5) is 66.7. The average Bonchev–Trinajstić information content (AvgIpc) is 3.48. The van der Waals surface area contributed by atoms with Crippen molar-refractivity contribution in [2.75, 3.05) is 24.6 Å². The molecule has 0 N–H and O–H groups in total. The van der Waals surface area contributed by atoms with E-state index in [1.807, 2.05) is 50.5 Å². The van der Waals surface area contributed by atoms with Crippen molar-refractivity contribution in [3.05, 3.63) is 65.0 Å². The summed E-state index contributed by atoms with van der Waals surface area (Å²) in [5.41, 5.74) is 0.00242. The van der Waals surface area contributed by atoms with Crippen molar-refractivity contribution in [2.24, 2.45) is 0 Å². The van der Waals surface area contributed by atoms with Crippen LogP contribution in [0, 0.1) is 0 Å². The van der Waals surface area contributed by atoms with Gasteiger partial charge in [-0.1, -0.05) is 36.4 Å². The number of fused-ring (bicyclic) bond motifs is 3. The highest BCUT2D eigenvalue weighted by molar-refractivity contribution is 6.17. The van der Waals surface area contributed by atoms with E-state index in [9.17, 15) is 19.2 Å². The number of hydrogen-bond acceptors (Lipinski definition) is 12. The fourth-order valence-corrected chi connectivity index (χ4v) is 7.39. The molecule has 3 heterocycles. The minimum Gasteiger partial charge on any atom is -0.444 e. The molecule has 15 heteroatoms. The van der Waals surface area contributed by atoms with Crippen LogP contribution in [0.4, 0.5) is 25.0 Å². The van der Waals surface area contributed by atoms with Gasteiger partial charge in [-0.05, 0) is 152 Å². The van der Waals surface area contributed by atoms with Gasteiger partial charge in [0.15, 0.2) is 5.82 Å². The first-order valence-corrected chi connectivity index (χ1v) is 22.2. The van der Waals surface area contributed by atoms with Gasteiger partial charge < -0.3 is 37.9 Å². The first kappa shape index (κ1) is 49.6. The zero-order valence-electron chi connectivity index (χ0n) is 40.6. The molecule has 2 aromatic carbocycles. The standard InChI is InChI=1S/C49H69N5O10/c1-16-59-29-37-51-38-39(53(37)30-49(14,15)64-44(58)63-48(11,12)13)35-21-20-32(28-36(35)50-40(38)54(42(56)61-46(5,6)7)43(57)62-47(8,9)10)26-31-18-17-19-34(27-31)33-22-24-52(25-23-33)41(55)60-45(2,3)4/h17-21,27-28,33H,16,22-26,29-30H2,1-15H3. The molecule has 0 spiro atoms. The molecule has 0 bridgehead atoms. The second-order valence-electron chi connectivity index (χ2n) is 21.0. The molecular formula is C49H69N5O10. The van der Waals surface area contributed by atoms with Gasteiger partial charge in [-0.3, -0.25) is 0 Å². The summed E-state index contributed by atoms with van der Waals surface area (Å²) >= 11 is 0. The highest BCUT2D eigenvalue weighted by Crippen LogP contribution is 2.37. The van der Waals surface area contributed by atoms with Gasteiger partial charge >= 0.3 is 24.4 Å². The highest BCUT2D eigenvalue weighted by Gasteiger charge is 2.38. The Morgan fingerprint density at radius 3 is 1.84 bits per heavy atom. The number of carbonyl (C=O) groups is 4. The van der Waals surface area contributed by atoms with Gasteiger partial charge in [-0.25, -0.2) is 29.1 Å². The molecule has 1 aliphatic heterocycles. The summed E-state index contributed by atoms with van der Waals surface area (Å²) in [6.45, 7) is 28.3. The third kappa shape index (κ3) is 13.5. The maximum atomic E-state index is 14.2. The summed E-state index contributed by atoms with van der Waals surface area (Å²) in [6.07, 6.45) is -0.887. The van der Waals surface area contributed by atoms with Crippen LogP contribution in [0.1, 0.15) is 145 Å². The van der Waals surface area contributed by atoms with E-state index in [0.717, 1.165) is 28.9 Å². The lowest BCUT2D eigenvalue weighted by molar-refractivity contribution is -0.0584. The van der Waals surface area contributed by atoms with E-state index in [-0.39, 0.29) is 36.5 Å². The van der Waals surface area contributed by atoms with E-state index in [2.05, 4.69) is 24.3 Å². The minimum absolute atomic E-state index is 0.0575. The number of imidazole rings is 1.